The summed E-state index contributed by atoms with van der Waals surface area (Å²) in [6.45, 7) is 4.84. The molecule has 4 aromatic carbocycles. The Labute approximate surface area is 206 Å². The van der Waals surface area contributed by atoms with Crippen molar-refractivity contribution in [3.8, 4) is 5.75 Å². The summed E-state index contributed by atoms with van der Waals surface area (Å²) >= 11 is 0. The van der Waals surface area contributed by atoms with Crippen molar-refractivity contribution in [2.45, 2.75) is 39.2 Å². The largest absolute Gasteiger partial charge is 0.489 e. The quantitative estimate of drug-likeness (QED) is 0.341. The van der Waals surface area contributed by atoms with E-state index in [1.54, 1.807) is 0 Å². The number of ketones is 1. The fraction of sp³-hybridized carbons (Fsp3) is 0.219. The van der Waals surface area contributed by atoms with Crippen molar-refractivity contribution in [2.75, 3.05) is 5.32 Å². The summed E-state index contributed by atoms with van der Waals surface area (Å²) < 4.78 is 6.41. The van der Waals surface area contributed by atoms with Gasteiger partial charge in [0.25, 0.3) is 0 Å². The van der Waals surface area contributed by atoms with E-state index in [4.69, 9.17) is 4.74 Å². The van der Waals surface area contributed by atoms with Crippen molar-refractivity contribution in [1.29, 1.82) is 0 Å². The first-order valence-corrected chi connectivity index (χ1v) is 12.3. The van der Waals surface area contributed by atoms with Gasteiger partial charge in [0.1, 0.15) is 12.4 Å². The minimum atomic E-state index is -0.178. The third-order valence-electron chi connectivity index (χ3n) is 7.22. The first-order chi connectivity index (χ1) is 17.0. The highest BCUT2D eigenvalue weighted by atomic mass is 16.5. The van der Waals surface area contributed by atoms with E-state index >= 15 is 0 Å². The molecule has 0 aromatic heterocycles. The standard InChI is InChI=1S/C32H29NO2/c1-32(2)18-26-31(27(34)19-32)30(29-23-13-7-6-12-22(23)16-17-25(29)33-26)24-14-8-9-15-28(24)35-20-21-10-4-3-5-11-21/h3-17,30,33H,18-20H2,1-2H3/t30-/m1/s1. The van der Waals surface area contributed by atoms with E-state index in [0.717, 1.165) is 45.8 Å². The van der Waals surface area contributed by atoms with Crippen molar-refractivity contribution in [3.63, 3.8) is 0 Å². The van der Waals surface area contributed by atoms with Gasteiger partial charge >= 0.3 is 0 Å². The summed E-state index contributed by atoms with van der Waals surface area (Å²) in [5, 5.41) is 6.02. The smallest absolute Gasteiger partial charge is 0.162 e. The molecule has 0 bridgehead atoms. The molecule has 1 N–H and O–H groups in total. The maximum atomic E-state index is 13.7. The van der Waals surface area contributed by atoms with Gasteiger partial charge in [0.2, 0.25) is 0 Å². The van der Waals surface area contributed by atoms with Gasteiger partial charge in [-0.15, -0.1) is 0 Å². The van der Waals surface area contributed by atoms with E-state index in [2.05, 4.69) is 79.8 Å². The molecule has 0 spiro atoms. The van der Waals surface area contributed by atoms with Crippen LogP contribution in [0.15, 0.2) is 102 Å². The van der Waals surface area contributed by atoms with Gasteiger partial charge in [-0.25, -0.2) is 0 Å². The summed E-state index contributed by atoms with van der Waals surface area (Å²) in [5.74, 6) is 0.875. The Bertz CT molecular complexity index is 1470. The number of allylic oxidation sites excluding steroid dienone is 2. The second kappa shape index (κ2) is 8.42. The normalized spacial score (nSPS) is 18.6. The van der Waals surface area contributed by atoms with Gasteiger partial charge in [-0.1, -0.05) is 92.7 Å². The average Bonchev–Trinajstić information content (AvgIpc) is 2.86. The molecule has 0 radical (unpaired) electrons. The van der Waals surface area contributed by atoms with Crippen LogP contribution in [0.1, 0.15) is 49.3 Å². The maximum absolute atomic E-state index is 13.7. The van der Waals surface area contributed by atoms with Crippen molar-refractivity contribution in [1.82, 2.24) is 0 Å². The molecule has 1 aliphatic heterocycles. The van der Waals surface area contributed by atoms with Gasteiger partial charge < -0.3 is 10.1 Å². The topological polar surface area (TPSA) is 38.3 Å². The molecule has 2 aliphatic rings. The molecule has 3 heteroatoms. The van der Waals surface area contributed by atoms with Crippen LogP contribution in [-0.4, -0.2) is 5.78 Å². The molecule has 3 nitrogen and oxygen atoms in total. The van der Waals surface area contributed by atoms with Crippen LogP contribution in [0.25, 0.3) is 10.8 Å². The Morgan fingerprint density at radius 3 is 2.46 bits per heavy atom. The van der Waals surface area contributed by atoms with E-state index in [9.17, 15) is 4.79 Å². The molecule has 1 atom stereocenters. The van der Waals surface area contributed by atoms with Crippen LogP contribution in [0.3, 0.4) is 0 Å². The van der Waals surface area contributed by atoms with Gasteiger partial charge in [-0.2, -0.15) is 0 Å². The summed E-state index contributed by atoms with van der Waals surface area (Å²) in [5.41, 5.74) is 6.28. The van der Waals surface area contributed by atoms with Gasteiger partial charge in [0.05, 0.1) is 0 Å². The van der Waals surface area contributed by atoms with Gasteiger partial charge in [0.15, 0.2) is 5.78 Å². The lowest BCUT2D eigenvalue weighted by Crippen LogP contribution is -2.34. The SMILES string of the molecule is CC1(C)CC(=O)C2=C(C1)Nc1ccc3ccccc3c1[C@H]2c1ccccc1OCc1ccccc1. The number of anilines is 1. The van der Waals surface area contributed by atoms with Crippen LogP contribution in [0.2, 0.25) is 0 Å². The average molecular weight is 460 g/mol. The van der Waals surface area contributed by atoms with Gasteiger partial charge in [-0.05, 0) is 45.9 Å². The van der Waals surface area contributed by atoms with Crippen LogP contribution in [0.5, 0.6) is 5.75 Å². The van der Waals surface area contributed by atoms with E-state index in [-0.39, 0.29) is 17.1 Å². The highest BCUT2D eigenvalue weighted by Gasteiger charge is 2.42. The van der Waals surface area contributed by atoms with Crippen molar-refractivity contribution >= 4 is 22.2 Å². The van der Waals surface area contributed by atoms with Crippen LogP contribution in [0.4, 0.5) is 5.69 Å². The number of hydrogen-bond donors (Lipinski definition) is 1. The van der Waals surface area contributed by atoms with Crippen molar-refractivity contribution < 1.29 is 9.53 Å². The molecule has 1 aliphatic carbocycles. The molecule has 0 fully saturated rings. The maximum Gasteiger partial charge on any atom is 0.162 e. The van der Waals surface area contributed by atoms with E-state index in [1.165, 1.54) is 10.8 Å². The number of rotatable bonds is 4. The predicted molar refractivity (Wildman–Crippen MR) is 142 cm³/mol. The summed E-state index contributed by atoms with van der Waals surface area (Å²) in [6, 6.07) is 31.2. The summed E-state index contributed by atoms with van der Waals surface area (Å²) in [4.78, 5) is 13.7. The van der Waals surface area contributed by atoms with E-state index in [1.807, 2.05) is 30.3 Å². The zero-order valence-corrected chi connectivity index (χ0v) is 20.2. The molecule has 0 saturated heterocycles. The Hall–Kier alpha value is -3.85. The first-order valence-electron chi connectivity index (χ1n) is 12.3. The first kappa shape index (κ1) is 21.7. The van der Waals surface area contributed by atoms with Crippen molar-refractivity contribution in [2.24, 2.45) is 5.41 Å². The Balaban J connectivity index is 1.54. The molecule has 0 saturated carbocycles. The molecule has 1 heterocycles. The molecule has 0 amide bonds. The minimum absolute atomic E-state index is 0.0643. The zero-order valence-electron chi connectivity index (χ0n) is 20.2. The number of benzene rings is 4. The number of nitrogens with one attached hydrogen (secondary N) is 1. The van der Waals surface area contributed by atoms with Crippen LogP contribution in [-0.2, 0) is 11.4 Å². The fourth-order valence-electron chi connectivity index (χ4n) is 5.70. The monoisotopic (exact) mass is 459 g/mol. The van der Waals surface area contributed by atoms with Crippen LogP contribution in [0, 0.1) is 5.41 Å². The Morgan fingerprint density at radius 2 is 1.60 bits per heavy atom. The Morgan fingerprint density at radius 1 is 0.857 bits per heavy atom. The van der Waals surface area contributed by atoms with Crippen LogP contribution < -0.4 is 10.1 Å². The Kier molecular flexibility index (Phi) is 5.21. The van der Waals surface area contributed by atoms with Gasteiger partial charge in [0, 0.05) is 34.9 Å². The number of para-hydroxylation sites is 1. The lowest BCUT2D eigenvalue weighted by Gasteiger charge is -2.40. The second-order valence-corrected chi connectivity index (χ2v) is 10.5. The molecular formula is C32H29NO2. The summed E-state index contributed by atoms with van der Waals surface area (Å²) in [7, 11) is 0. The lowest BCUT2D eigenvalue weighted by atomic mass is 9.68. The lowest BCUT2D eigenvalue weighted by molar-refractivity contribution is -0.118. The molecule has 6 rings (SSSR count). The second-order valence-electron chi connectivity index (χ2n) is 10.5. The number of Topliss-reactive ketones (excluding diaryl/α,β-unsaturated/α-hetero) is 1. The number of ether oxygens (including phenoxy) is 1. The van der Waals surface area contributed by atoms with Crippen LogP contribution >= 0.6 is 0 Å². The number of carbonyl (C=O) groups is 1. The minimum Gasteiger partial charge on any atom is -0.489 e. The third-order valence-corrected chi connectivity index (χ3v) is 7.22. The molecule has 0 unspecified atom stereocenters. The fourth-order valence-corrected chi connectivity index (χ4v) is 5.70. The van der Waals surface area contributed by atoms with E-state index in [0.29, 0.717) is 13.0 Å². The highest BCUT2D eigenvalue weighted by Crippen LogP contribution is 2.52. The number of fused-ring (bicyclic) bond motifs is 3. The molecular weight excluding hydrogens is 430 g/mol. The molecule has 174 valence electrons. The highest BCUT2D eigenvalue weighted by molar-refractivity contribution is 6.04. The van der Waals surface area contributed by atoms with Gasteiger partial charge in [-0.3, -0.25) is 4.79 Å². The summed E-state index contributed by atoms with van der Waals surface area (Å²) in [6.07, 6.45) is 1.40. The predicted octanol–water partition coefficient (Wildman–Crippen LogP) is 7.62. The number of carbonyl (C=O) groups excluding carboxylic acids is 1. The molecule has 4 aromatic rings. The molecule has 35 heavy (non-hydrogen) atoms. The van der Waals surface area contributed by atoms with Crippen molar-refractivity contribution in [3.05, 3.63) is 119 Å². The number of hydrogen-bond acceptors (Lipinski definition) is 3. The van der Waals surface area contributed by atoms with E-state index < -0.39 is 0 Å². The zero-order chi connectivity index (χ0) is 24.0. The third kappa shape index (κ3) is 3.91.